The molecule has 0 aliphatic carbocycles. The van der Waals surface area contributed by atoms with Gasteiger partial charge < -0.3 is 4.42 Å². The number of benzene rings is 2. The van der Waals surface area contributed by atoms with E-state index in [2.05, 4.69) is 0 Å². The van der Waals surface area contributed by atoms with Crippen molar-refractivity contribution in [3.8, 4) is 11.3 Å². The molecule has 0 bridgehead atoms. The molecular formula is C14H10O4S. The molecule has 96 valence electrons. The average Bonchev–Trinajstić information content (AvgIpc) is 2.90. The summed E-state index contributed by atoms with van der Waals surface area (Å²) in [7, 11) is -4.25. The summed E-state index contributed by atoms with van der Waals surface area (Å²) in [5, 5.41) is 1.19. The zero-order valence-electron chi connectivity index (χ0n) is 9.78. The van der Waals surface area contributed by atoms with Crippen LogP contribution >= 0.6 is 0 Å². The fourth-order valence-electron chi connectivity index (χ4n) is 2.14. The molecule has 0 spiro atoms. The Kier molecular flexibility index (Phi) is 2.66. The van der Waals surface area contributed by atoms with Crippen LogP contribution in [-0.2, 0) is 10.1 Å². The van der Waals surface area contributed by atoms with Gasteiger partial charge in [-0.25, -0.2) is 0 Å². The van der Waals surface area contributed by atoms with Crippen LogP contribution in [0.5, 0.6) is 0 Å². The molecule has 0 amide bonds. The maximum Gasteiger partial charge on any atom is 0.295 e. The van der Waals surface area contributed by atoms with Crippen molar-refractivity contribution in [3.63, 3.8) is 0 Å². The Bertz CT molecular complexity index is 833. The van der Waals surface area contributed by atoms with E-state index in [0.717, 1.165) is 5.56 Å². The smallest absolute Gasteiger partial charge is 0.295 e. The van der Waals surface area contributed by atoms with Crippen LogP contribution in [0, 0.1) is 0 Å². The molecule has 0 saturated heterocycles. The van der Waals surface area contributed by atoms with Gasteiger partial charge in [0.15, 0.2) is 0 Å². The summed E-state index contributed by atoms with van der Waals surface area (Å²) in [4.78, 5) is -0.0987. The lowest BCUT2D eigenvalue weighted by Gasteiger charge is -2.07. The fraction of sp³-hybridized carbons (Fsp3) is 0. The van der Waals surface area contributed by atoms with Gasteiger partial charge in [-0.1, -0.05) is 24.3 Å². The topological polar surface area (TPSA) is 67.5 Å². The summed E-state index contributed by atoms with van der Waals surface area (Å²) in [5.41, 5.74) is 0.785. The highest BCUT2D eigenvalue weighted by Crippen LogP contribution is 2.32. The number of furan rings is 1. The van der Waals surface area contributed by atoms with Gasteiger partial charge in [-0.05, 0) is 29.7 Å². The van der Waals surface area contributed by atoms with Crippen molar-refractivity contribution in [3.05, 3.63) is 54.8 Å². The Morgan fingerprint density at radius 2 is 1.63 bits per heavy atom. The highest BCUT2D eigenvalue weighted by atomic mass is 32.2. The highest BCUT2D eigenvalue weighted by Gasteiger charge is 2.16. The average molecular weight is 274 g/mol. The molecule has 4 nitrogen and oxygen atoms in total. The Morgan fingerprint density at radius 3 is 2.26 bits per heavy atom. The molecule has 0 aliphatic rings. The number of fused-ring (bicyclic) bond motifs is 1. The number of hydrogen-bond acceptors (Lipinski definition) is 3. The van der Waals surface area contributed by atoms with Crippen molar-refractivity contribution >= 4 is 20.9 Å². The monoisotopic (exact) mass is 274 g/mol. The van der Waals surface area contributed by atoms with Crippen LogP contribution < -0.4 is 0 Å². The van der Waals surface area contributed by atoms with E-state index in [1.54, 1.807) is 42.7 Å². The van der Waals surface area contributed by atoms with E-state index >= 15 is 0 Å². The van der Waals surface area contributed by atoms with E-state index in [4.69, 9.17) is 4.42 Å². The maximum atomic E-state index is 11.4. The third-order valence-electron chi connectivity index (χ3n) is 2.95. The summed E-state index contributed by atoms with van der Waals surface area (Å²) in [6, 6.07) is 13.6. The first-order valence-corrected chi connectivity index (χ1v) is 7.04. The van der Waals surface area contributed by atoms with Gasteiger partial charge in [0, 0.05) is 10.9 Å². The third-order valence-corrected chi connectivity index (χ3v) is 3.86. The largest absolute Gasteiger partial charge is 0.464 e. The standard InChI is InChI=1S/C14H10O4S/c15-19(16,17)14-8-7-11(13-6-3-9-18-13)10-4-1-2-5-12(10)14/h1-9H,(H,15,16,17). The molecule has 3 aromatic rings. The first-order valence-electron chi connectivity index (χ1n) is 5.60. The van der Waals surface area contributed by atoms with E-state index in [-0.39, 0.29) is 4.90 Å². The molecular weight excluding hydrogens is 264 g/mol. The Labute approximate surface area is 110 Å². The van der Waals surface area contributed by atoms with Crippen LogP contribution in [0.3, 0.4) is 0 Å². The molecule has 1 N–H and O–H groups in total. The van der Waals surface area contributed by atoms with Gasteiger partial charge >= 0.3 is 0 Å². The molecule has 5 heteroatoms. The summed E-state index contributed by atoms with van der Waals surface area (Å²) < 4.78 is 37.4. The lowest BCUT2D eigenvalue weighted by Crippen LogP contribution is -1.99. The number of hydrogen-bond donors (Lipinski definition) is 1. The molecule has 0 unspecified atom stereocenters. The molecule has 2 aromatic carbocycles. The van der Waals surface area contributed by atoms with Crippen molar-refractivity contribution in [2.75, 3.05) is 0 Å². The summed E-state index contributed by atoms with van der Waals surface area (Å²) >= 11 is 0. The lowest BCUT2D eigenvalue weighted by atomic mass is 10.0. The first kappa shape index (κ1) is 12.0. The first-order chi connectivity index (χ1) is 9.07. The minimum Gasteiger partial charge on any atom is -0.464 e. The van der Waals surface area contributed by atoms with Crippen LogP contribution in [0.15, 0.2) is 64.1 Å². The second-order valence-corrected chi connectivity index (χ2v) is 5.50. The third kappa shape index (κ3) is 2.03. The van der Waals surface area contributed by atoms with Crippen LogP contribution in [0.4, 0.5) is 0 Å². The molecule has 19 heavy (non-hydrogen) atoms. The summed E-state index contributed by atoms with van der Waals surface area (Å²) in [6.07, 6.45) is 1.56. The Morgan fingerprint density at radius 1 is 0.895 bits per heavy atom. The SMILES string of the molecule is O=S(=O)(O)c1ccc(-c2ccco2)c2ccccc12. The molecule has 1 heterocycles. The van der Waals surface area contributed by atoms with E-state index in [0.29, 0.717) is 16.5 Å². The zero-order valence-corrected chi connectivity index (χ0v) is 10.6. The van der Waals surface area contributed by atoms with E-state index < -0.39 is 10.1 Å². The Hall–Kier alpha value is -2.11. The van der Waals surface area contributed by atoms with E-state index in [1.807, 2.05) is 6.07 Å². The van der Waals surface area contributed by atoms with Crippen LogP contribution in [0.2, 0.25) is 0 Å². The molecule has 1 aromatic heterocycles. The number of rotatable bonds is 2. The molecule has 0 aliphatic heterocycles. The zero-order chi connectivity index (χ0) is 13.5. The minimum absolute atomic E-state index is 0.0987. The van der Waals surface area contributed by atoms with Crippen LogP contribution in [-0.4, -0.2) is 13.0 Å². The molecule has 3 rings (SSSR count). The lowest BCUT2D eigenvalue weighted by molar-refractivity contribution is 0.484. The molecule has 0 radical (unpaired) electrons. The van der Waals surface area contributed by atoms with Crippen molar-refractivity contribution in [1.29, 1.82) is 0 Å². The molecule has 0 atom stereocenters. The van der Waals surface area contributed by atoms with Gasteiger partial charge in [0.05, 0.1) is 6.26 Å². The van der Waals surface area contributed by atoms with Crippen LogP contribution in [0.1, 0.15) is 0 Å². The molecule has 0 fully saturated rings. The Balaban J connectivity index is 2.41. The van der Waals surface area contributed by atoms with E-state index in [9.17, 15) is 13.0 Å². The van der Waals surface area contributed by atoms with Crippen molar-refractivity contribution in [2.45, 2.75) is 4.90 Å². The van der Waals surface area contributed by atoms with Gasteiger partial charge in [-0.2, -0.15) is 8.42 Å². The van der Waals surface area contributed by atoms with Gasteiger partial charge in [0.1, 0.15) is 10.7 Å². The van der Waals surface area contributed by atoms with E-state index in [1.165, 1.54) is 6.07 Å². The summed E-state index contributed by atoms with van der Waals surface area (Å²) in [6.45, 7) is 0. The second-order valence-electron chi connectivity index (χ2n) is 4.11. The summed E-state index contributed by atoms with van der Waals surface area (Å²) in [5.74, 6) is 0.651. The van der Waals surface area contributed by atoms with Gasteiger partial charge in [0.2, 0.25) is 0 Å². The van der Waals surface area contributed by atoms with Crippen molar-refractivity contribution < 1.29 is 17.4 Å². The maximum absolute atomic E-state index is 11.4. The van der Waals surface area contributed by atoms with Gasteiger partial charge in [-0.3, -0.25) is 4.55 Å². The van der Waals surface area contributed by atoms with Crippen LogP contribution in [0.25, 0.3) is 22.1 Å². The van der Waals surface area contributed by atoms with Crippen molar-refractivity contribution in [2.24, 2.45) is 0 Å². The van der Waals surface area contributed by atoms with Crippen molar-refractivity contribution in [1.82, 2.24) is 0 Å². The fourth-order valence-corrected chi connectivity index (χ4v) is 2.84. The van der Waals surface area contributed by atoms with Gasteiger partial charge in [0.25, 0.3) is 10.1 Å². The molecule has 0 saturated carbocycles. The highest BCUT2D eigenvalue weighted by molar-refractivity contribution is 7.86. The van der Waals surface area contributed by atoms with Gasteiger partial charge in [-0.15, -0.1) is 0 Å². The minimum atomic E-state index is -4.25. The quantitative estimate of drug-likeness (QED) is 0.728. The second kappa shape index (κ2) is 4.22. The predicted octanol–water partition coefficient (Wildman–Crippen LogP) is 3.35. The predicted molar refractivity (Wildman–Crippen MR) is 71.5 cm³/mol. The normalized spacial score (nSPS) is 11.8.